The van der Waals surface area contributed by atoms with Gasteiger partial charge in [0.25, 0.3) is 0 Å². The first-order valence-corrected chi connectivity index (χ1v) is 11.6. The van der Waals surface area contributed by atoms with Crippen molar-refractivity contribution >= 4 is 40.1 Å². The molecular weight excluding hydrogens is 476 g/mol. The van der Waals surface area contributed by atoms with Crippen LogP contribution in [-0.2, 0) is 16.1 Å². The predicted octanol–water partition coefficient (Wildman–Crippen LogP) is 4.85. The molecule has 3 aromatic rings. The van der Waals surface area contributed by atoms with Crippen molar-refractivity contribution in [3.8, 4) is 11.5 Å². The van der Waals surface area contributed by atoms with Crippen LogP contribution in [0.3, 0.4) is 0 Å². The van der Waals surface area contributed by atoms with Gasteiger partial charge in [0.15, 0.2) is 16.7 Å². The number of hydrogen-bond donors (Lipinski definition) is 1. The molecule has 0 aromatic heterocycles. The zero-order valence-corrected chi connectivity index (χ0v) is 19.1. The highest BCUT2D eigenvalue weighted by molar-refractivity contribution is 8.15. The van der Waals surface area contributed by atoms with Crippen LogP contribution >= 0.6 is 11.8 Å². The molecule has 0 saturated carbocycles. The summed E-state index contributed by atoms with van der Waals surface area (Å²) in [5, 5.41) is 2.27. The lowest BCUT2D eigenvalue weighted by Crippen LogP contribution is -2.44. The average Bonchev–Trinajstić information content (AvgIpc) is 3.32. The van der Waals surface area contributed by atoms with Crippen molar-refractivity contribution in [1.29, 1.82) is 0 Å². The summed E-state index contributed by atoms with van der Waals surface area (Å²) in [5.74, 6) is -0.293. The zero-order valence-electron chi connectivity index (χ0n) is 18.2. The highest BCUT2D eigenvalue weighted by Crippen LogP contribution is 2.35. The Balaban J connectivity index is 1.40. The van der Waals surface area contributed by atoms with E-state index in [2.05, 4.69) is 10.3 Å². The number of amidine groups is 1. The van der Waals surface area contributed by atoms with Gasteiger partial charge in [0.05, 0.1) is 12.2 Å². The van der Waals surface area contributed by atoms with Gasteiger partial charge in [0, 0.05) is 12.1 Å². The number of hydrogen-bond acceptors (Lipinski definition) is 6. The van der Waals surface area contributed by atoms with E-state index in [-0.39, 0.29) is 25.7 Å². The standard InChI is InChI=1S/C25H19F2N3O4S/c26-16-2-6-18(7-3-16)28-24(32)22-12-23(31)30(13-15-1-10-20-21(11-15)34-14-33-20)25(35-22)29-19-8-4-17(27)5-9-19/h1-11,22H,12-14H2,(H,28,32)/t22-/m0/s1. The third-order valence-electron chi connectivity index (χ3n) is 5.37. The number of fused-ring (bicyclic) bond motifs is 1. The summed E-state index contributed by atoms with van der Waals surface area (Å²) < 4.78 is 37.3. The Morgan fingerprint density at radius 3 is 2.43 bits per heavy atom. The van der Waals surface area contributed by atoms with Gasteiger partial charge >= 0.3 is 0 Å². The maximum Gasteiger partial charge on any atom is 0.238 e. The molecule has 2 aliphatic rings. The lowest BCUT2D eigenvalue weighted by atomic mass is 10.1. The van der Waals surface area contributed by atoms with Crippen molar-refractivity contribution in [3.05, 3.63) is 83.9 Å². The molecule has 1 fully saturated rings. The third-order valence-corrected chi connectivity index (χ3v) is 6.56. The maximum atomic E-state index is 13.4. The molecule has 3 aromatic carbocycles. The second-order valence-electron chi connectivity index (χ2n) is 7.85. The number of rotatable bonds is 5. The van der Waals surface area contributed by atoms with E-state index < -0.39 is 22.8 Å². The minimum Gasteiger partial charge on any atom is -0.454 e. The molecule has 2 amide bonds. The number of carbonyl (C=O) groups excluding carboxylic acids is 2. The van der Waals surface area contributed by atoms with Crippen molar-refractivity contribution in [3.63, 3.8) is 0 Å². The quantitative estimate of drug-likeness (QED) is 0.547. The third kappa shape index (κ3) is 5.27. The number of amides is 2. The summed E-state index contributed by atoms with van der Waals surface area (Å²) in [6, 6.07) is 16.3. The minimum absolute atomic E-state index is 0.0509. The molecule has 0 spiro atoms. The van der Waals surface area contributed by atoms with E-state index in [1.165, 1.54) is 53.4 Å². The number of nitrogens with zero attached hydrogens (tertiary/aromatic N) is 2. The molecule has 2 heterocycles. The Hall–Kier alpha value is -3.92. The van der Waals surface area contributed by atoms with E-state index in [0.29, 0.717) is 28.0 Å². The summed E-state index contributed by atoms with van der Waals surface area (Å²) in [5.41, 5.74) is 1.66. The first kappa shape index (κ1) is 22.9. The molecular formula is C25H19F2N3O4S. The van der Waals surface area contributed by atoms with Gasteiger partial charge < -0.3 is 14.8 Å². The number of anilines is 1. The van der Waals surface area contributed by atoms with E-state index in [1.807, 2.05) is 6.07 Å². The molecule has 0 aliphatic carbocycles. The Bertz CT molecular complexity index is 1300. The fourth-order valence-electron chi connectivity index (χ4n) is 3.60. The van der Waals surface area contributed by atoms with E-state index in [4.69, 9.17) is 9.47 Å². The van der Waals surface area contributed by atoms with Crippen LogP contribution in [0.25, 0.3) is 0 Å². The van der Waals surface area contributed by atoms with Crippen LogP contribution in [0, 0.1) is 11.6 Å². The average molecular weight is 496 g/mol. The summed E-state index contributed by atoms with van der Waals surface area (Å²) >= 11 is 1.14. The molecule has 7 nitrogen and oxygen atoms in total. The van der Waals surface area contributed by atoms with Crippen LogP contribution in [-0.4, -0.2) is 33.9 Å². The minimum atomic E-state index is -0.750. The molecule has 0 unspecified atom stereocenters. The van der Waals surface area contributed by atoms with Crippen molar-refractivity contribution in [2.24, 2.45) is 4.99 Å². The van der Waals surface area contributed by atoms with E-state index in [0.717, 1.165) is 17.3 Å². The van der Waals surface area contributed by atoms with Crippen LogP contribution in [0.1, 0.15) is 12.0 Å². The molecule has 1 N–H and O–H groups in total. The lowest BCUT2D eigenvalue weighted by Gasteiger charge is -2.32. The van der Waals surface area contributed by atoms with Crippen LogP contribution in [0.15, 0.2) is 71.7 Å². The van der Waals surface area contributed by atoms with Gasteiger partial charge in [-0.3, -0.25) is 14.5 Å². The zero-order chi connectivity index (χ0) is 24.4. The normalized spacial score (nSPS) is 18.1. The maximum absolute atomic E-state index is 13.4. The number of thioether (sulfide) groups is 1. The molecule has 1 saturated heterocycles. The Morgan fingerprint density at radius 2 is 1.69 bits per heavy atom. The van der Waals surface area contributed by atoms with Gasteiger partial charge in [0.2, 0.25) is 18.6 Å². The number of benzene rings is 3. The van der Waals surface area contributed by atoms with Crippen molar-refractivity contribution < 1.29 is 27.8 Å². The van der Waals surface area contributed by atoms with Crippen molar-refractivity contribution in [2.75, 3.05) is 12.1 Å². The molecule has 2 aliphatic heterocycles. The molecule has 5 rings (SSSR count). The van der Waals surface area contributed by atoms with Gasteiger partial charge in [-0.15, -0.1) is 0 Å². The predicted molar refractivity (Wildman–Crippen MR) is 128 cm³/mol. The second kappa shape index (κ2) is 9.75. The number of carbonyl (C=O) groups is 2. The molecule has 10 heteroatoms. The van der Waals surface area contributed by atoms with Gasteiger partial charge in [-0.25, -0.2) is 13.8 Å². The summed E-state index contributed by atoms with van der Waals surface area (Å²) in [6.45, 7) is 0.341. The molecule has 1 atom stereocenters. The van der Waals surface area contributed by atoms with E-state index >= 15 is 0 Å². The van der Waals surface area contributed by atoms with Crippen molar-refractivity contribution in [1.82, 2.24) is 4.90 Å². The van der Waals surface area contributed by atoms with Gasteiger partial charge in [-0.1, -0.05) is 17.8 Å². The van der Waals surface area contributed by atoms with E-state index in [1.54, 1.807) is 12.1 Å². The summed E-state index contributed by atoms with van der Waals surface area (Å²) in [6.07, 6.45) is -0.0509. The molecule has 0 radical (unpaired) electrons. The number of aliphatic imine (C=N–C) groups is 1. The first-order valence-electron chi connectivity index (χ1n) is 10.7. The smallest absolute Gasteiger partial charge is 0.238 e. The fourth-order valence-corrected chi connectivity index (χ4v) is 4.70. The number of nitrogens with one attached hydrogen (secondary N) is 1. The van der Waals surface area contributed by atoms with Crippen LogP contribution in [0.4, 0.5) is 20.2 Å². The van der Waals surface area contributed by atoms with Crippen LogP contribution in [0.5, 0.6) is 11.5 Å². The van der Waals surface area contributed by atoms with Gasteiger partial charge in [-0.2, -0.15) is 0 Å². The second-order valence-corrected chi connectivity index (χ2v) is 9.01. The SMILES string of the molecule is O=C(Nc1ccc(F)cc1)[C@@H]1CC(=O)N(Cc2ccc3c(c2)OCO3)C(=Nc2ccc(F)cc2)S1. The molecule has 35 heavy (non-hydrogen) atoms. The van der Waals surface area contributed by atoms with Gasteiger partial charge in [-0.05, 0) is 66.2 Å². The van der Waals surface area contributed by atoms with Crippen LogP contribution in [0.2, 0.25) is 0 Å². The van der Waals surface area contributed by atoms with Gasteiger partial charge in [0.1, 0.15) is 16.9 Å². The molecule has 178 valence electrons. The summed E-state index contributed by atoms with van der Waals surface area (Å²) in [7, 11) is 0. The lowest BCUT2D eigenvalue weighted by molar-refractivity contribution is -0.129. The Morgan fingerprint density at radius 1 is 1.00 bits per heavy atom. The summed E-state index contributed by atoms with van der Waals surface area (Å²) in [4.78, 5) is 32.1. The number of halogens is 2. The van der Waals surface area contributed by atoms with Crippen LogP contribution < -0.4 is 14.8 Å². The largest absolute Gasteiger partial charge is 0.454 e. The van der Waals surface area contributed by atoms with E-state index in [9.17, 15) is 18.4 Å². The monoisotopic (exact) mass is 495 g/mol. The molecule has 0 bridgehead atoms. The highest BCUT2D eigenvalue weighted by atomic mass is 32.2. The topological polar surface area (TPSA) is 80.2 Å². The fraction of sp³-hybridized carbons (Fsp3) is 0.160. The first-order chi connectivity index (χ1) is 16.9. The van der Waals surface area contributed by atoms with Crippen molar-refractivity contribution in [2.45, 2.75) is 18.2 Å². The Kier molecular flexibility index (Phi) is 6.37. The number of ether oxygens (including phenoxy) is 2. The Labute approximate surface area is 203 Å². The highest BCUT2D eigenvalue weighted by Gasteiger charge is 2.36.